The Kier molecular flexibility index (Phi) is 7.89. The molecule has 0 heterocycles. The maximum atomic E-state index is 12.6. The number of halogens is 1. The summed E-state index contributed by atoms with van der Waals surface area (Å²) in [5, 5.41) is 10.8. The van der Waals surface area contributed by atoms with Crippen molar-refractivity contribution in [1.29, 1.82) is 5.41 Å². The number of carbonyl (C=O) groups excluding carboxylic acids is 2. The summed E-state index contributed by atoms with van der Waals surface area (Å²) in [4.78, 5) is 24.7. The van der Waals surface area contributed by atoms with E-state index < -0.39 is 33.8 Å². The van der Waals surface area contributed by atoms with Gasteiger partial charge < -0.3 is 9.29 Å². The lowest BCUT2D eigenvalue weighted by Gasteiger charge is -2.29. The van der Waals surface area contributed by atoms with Gasteiger partial charge in [-0.05, 0) is 32.4 Å². The average molecular weight is 450 g/mol. The lowest BCUT2D eigenvalue weighted by Crippen LogP contribution is -2.46. The van der Waals surface area contributed by atoms with Gasteiger partial charge in [0.15, 0.2) is 0 Å². The van der Waals surface area contributed by atoms with Crippen molar-refractivity contribution in [1.82, 2.24) is 4.31 Å². The zero-order chi connectivity index (χ0) is 22.5. The smallest absolute Gasteiger partial charge is 0.412 e. The van der Waals surface area contributed by atoms with Gasteiger partial charge in [0.1, 0.15) is 17.1 Å². The quantitative estimate of drug-likeness (QED) is 0.504. The van der Waals surface area contributed by atoms with Crippen molar-refractivity contribution in [2.75, 3.05) is 12.4 Å². The highest BCUT2D eigenvalue weighted by Crippen LogP contribution is 2.28. The Bertz CT molecular complexity index is 932. The largest absolute Gasteiger partial charge is 0.592 e. The van der Waals surface area contributed by atoms with Crippen molar-refractivity contribution >= 4 is 46.4 Å². The summed E-state index contributed by atoms with van der Waals surface area (Å²) in [6.07, 6.45) is -0.721. The molecule has 0 radical (unpaired) electrons. The molecule has 7 nitrogen and oxygen atoms in total. The summed E-state index contributed by atoms with van der Waals surface area (Å²) < 4.78 is 17.9. The second kappa shape index (κ2) is 9.97. The molecule has 2 N–H and O–H groups in total. The highest BCUT2D eigenvalue weighted by molar-refractivity contribution is 7.91. The Morgan fingerprint density at radius 3 is 2.40 bits per heavy atom. The van der Waals surface area contributed by atoms with Gasteiger partial charge in [-0.1, -0.05) is 54.1 Å². The van der Waals surface area contributed by atoms with E-state index in [4.69, 9.17) is 21.7 Å². The SMILES string of the molecule is CN(C(=O)C(=N)c1cccc(NC(=O)OCc2ccccc2)c1Cl)[S+]([O-])C(C)(C)C. The molecule has 0 aromatic heterocycles. The van der Waals surface area contributed by atoms with Gasteiger partial charge in [0.2, 0.25) is 0 Å². The number of hydrogen-bond acceptors (Lipinski definition) is 5. The number of nitrogens with zero attached hydrogens (tertiary/aromatic N) is 1. The monoisotopic (exact) mass is 449 g/mol. The Hall–Kier alpha value is -2.55. The van der Waals surface area contributed by atoms with Crippen molar-refractivity contribution in [3.63, 3.8) is 0 Å². The molecule has 2 aromatic carbocycles. The molecule has 0 saturated carbocycles. The maximum Gasteiger partial charge on any atom is 0.412 e. The normalized spacial score (nSPS) is 12.1. The first-order chi connectivity index (χ1) is 14.0. The average Bonchev–Trinajstić information content (AvgIpc) is 2.71. The predicted molar refractivity (Wildman–Crippen MR) is 119 cm³/mol. The number of rotatable bonds is 6. The predicted octanol–water partition coefficient (Wildman–Crippen LogP) is 4.38. The van der Waals surface area contributed by atoms with Crippen molar-refractivity contribution in [3.8, 4) is 0 Å². The molecule has 160 valence electrons. The fourth-order valence-corrected chi connectivity index (χ4v) is 3.78. The van der Waals surface area contributed by atoms with Gasteiger partial charge >= 0.3 is 12.0 Å². The fourth-order valence-electron chi connectivity index (χ4n) is 2.45. The van der Waals surface area contributed by atoms with E-state index >= 15 is 0 Å². The van der Waals surface area contributed by atoms with E-state index in [1.807, 2.05) is 30.3 Å². The van der Waals surface area contributed by atoms with Gasteiger partial charge in [0.05, 0.1) is 29.1 Å². The van der Waals surface area contributed by atoms with Crippen LogP contribution in [0.1, 0.15) is 31.9 Å². The van der Waals surface area contributed by atoms with Crippen molar-refractivity contribution < 1.29 is 18.9 Å². The number of nitrogens with one attached hydrogen (secondary N) is 2. The fraction of sp³-hybridized carbons (Fsp3) is 0.286. The summed E-state index contributed by atoms with van der Waals surface area (Å²) in [5.41, 5.74) is 0.709. The van der Waals surface area contributed by atoms with Gasteiger partial charge in [-0.3, -0.25) is 15.5 Å². The van der Waals surface area contributed by atoms with Gasteiger partial charge in [-0.2, -0.15) is 4.31 Å². The molecule has 0 spiro atoms. The molecule has 0 aliphatic heterocycles. The van der Waals surface area contributed by atoms with Crippen LogP contribution in [-0.4, -0.2) is 38.4 Å². The van der Waals surface area contributed by atoms with E-state index in [9.17, 15) is 14.1 Å². The number of ether oxygens (including phenoxy) is 1. The number of anilines is 1. The molecule has 2 amide bonds. The van der Waals surface area contributed by atoms with Gasteiger partial charge in [0, 0.05) is 5.56 Å². The Morgan fingerprint density at radius 2 is 1.80 bits per heavy atom. The topological polar surface area (TPSA) is 106 Å². The van der Waals surface area contributed by atoms with E-state index in [0.29, 0.717) is 0 Å². The second-order valence-electron chi connectivity index (χ2n) is 7.39. The second-order valence-corrected chi connectivity index (χ2v) is 10.0. The third kappa shape index (κ3) is 5.98. The third-order valence-corrected chi connectivity index (χ3v) is 6.11. The number of benzene rings is 2. The standard InChI is InChI=1S/C21H24ClN3O4S/c1-21(2,3)30(28)25(4)19(26)18(23)15-11-8-12-16(17(15)22)24-20(27)29-13-14-9-6-5-7-10-14/h5-12,23H,13H2,1-4H3,(H,24,27). The van der Waals surface area contributed by atoms with Crippen LogP contribution in [0.4, 0.5) is 10.5 Å². The zero-order valence-corrected chi connectivity index (χ0v) is 18.8. The molecule has 0 aliphatic rings. The zero-order valence-electron chi connectivity index (χ0n) is 17.2. The molecule has 1 unspecified atom stereocenters. The van der Waals surface area contributed by atoms with Crippen LogP contribution in [0.3, 0.4) is 0 Å². The molecular weight excluding hydrogens is 426 g/mol. The van der Waals surface area contributed by atoms with E-state index in [1.54, 1.807) is 26.8 Å². The Labute approximate surface area is 184 Å². The van der Waals surface area contributed by atoms with Gasteiger partial charge in [-0.25, -0.2) is 4.79 Å². The Balaban J connectivity index is 2.10. The molecule has 0 saturated heterocycles. The molecule has 2 aromatic rings. The van der Waals surface area contributed by atoms with Crippen LogP contribution in [0.25, 0.3) is 0 Å². The maximum absolute atomic E-state index is 12.6. The van der Waals surface area contributed by atoms with E-state index in [0.717, 1.165) is 9.87 Å². The van der Waals surface area contributed by atoms with E-state index in [2.05, 4.69) is 5.32 Å². The van der Waals surface area contributed by atoms with Gasteiger partial charge in [-0.15, -0.1) is 0 Å². The molecule has 0 bridgehead atoms. The van der Waals surface area contributed by atoms with E-state index in [1.165, 1.54) is 19.2 Å². The van der Waals surface area contributed by atoms with Gasteiger partial charge in [0.25, 0.3) is 0 Å². The third-order valence-electron chi connectivity index (χ3n) is 3.99. The van der Waals surface area contributed by atoms with Crippen LogP contribution in [0.15, 0.2) is 48.5 Å². The number of likely N-dealkylation sites (N-methyl/N-ethyl adjacent to an activating group) is 1. The van der Waals surface area contributed by atoms with Crippen molar-refractivity contribution in [2.24, 2.45) is 0 Å². The first kappa shape index (κ1) is 23.7. The summed E-state index contributed by atoms with van der Waals surface area (Å²) in [7, 11) is 1.37. The minimum atomic E-state index is -1.64. The number of carbonyl (C=O) groups is 2. The van der Waals surface area contributed by atoms with Crippen molar-refractivity contribution in [3.05, 3.63) is 64.7 Å². The van der Waals surface area contributed by atoms with E-state index in [-0.39, 0.29) is 22.9 Å². The molecule has 1 atom stereocenters. The first-order valence-corrected chi connectivity index (χ1v) is 10.6. The van der Waals surface area contributed by atoms with Crippen LogP contribution in [0, 0.1) is 5.41 Å². The van der Waals surface area contributed by atoms with Crippen LogP contribution in [0.2, 0.25) is 5.02 Å². The minimum absolute atomic E-state index is 0.0162. The summed E-state index contributed by atoms with van der Waals surface area (Å²) in [6.45, 7) is 5.28. The van der Waals surface area contributed by atoms with Crippen LogP contribution in [0.5, 0.6) is 0 Å². The lowest BCUT2D eigenvalue weighted by molar-refractivity contribution is -0.119. The van der Waals surface area contributed by atoms with Crippen LogP contribution < -0.4 is 5.32 Å². The summed E-state index contributed by atoms with van der Waals surface area (Å²) in [6, 6.07) is 13.8. The summed E-state index contributed by atoms with van der Waals surface area (Å²) >= 11 is 4.69. The van der Waals surface area contributed by atoms with Crippen LogP contribution in [-0.2, 0) is 27.5 Å². The van der Waals surface area contributed by atoms with Crippen LogP contribution >= 0.6 is 11.6 Å². The summed E-state index contributed by atoms with van der Waals surface area (Å²) in [5.74, 6) is -0.742. The molecule has 0 fully saturated rings. The lowest BCUT2D eigenvalue weighted by atomic mass is 10.1. The highest BCUT2D eigenvalue weighted by atomic mass is 35.5. The first-order valence-electron chi connectivity index (χ1n) is 9.07. The molecule has 2 rings (SSSR count). The molecule has 30 heavy (non-hydrogen) atoms. The number of hydrogen-bond donors (Lipinski definition) is 2. The molecule has 0 aliphatic carbocycles. The van der Waals surface area contributed by atoms with Crippen molar-refractivity contribution in [2.45, 2.75) is 32.1 Å². The molecule has 9 heteroatoms. The Morgan fingerprint density at radius 1 is 1.17 bits per heavy atom. The molecular formula is C21H24ClN3O4S. The highest BCUT2D eigenvalue weighted by Gasteiger charge is 2.36. The minimum Gasteiger partial charge on any atom is -0.592 e. The number of amides is 2.